The van der Waals surface area contributed by atoms with E-state index in [-0.39, 0.29) is 5.91 Å². The van der Waals surface area contributed by atoms with Gasteiger partial charge in [0.15, 0.2) is 0 Å². The highest BCUT2D eigenvalue weighted by Gasteiger charge is 2.14. The molecule has 104 valence electrons. The van der Waals surface area contributed by atoms with Crippen molar-refractivity contribution < 1.29 is 9.53 Å². The molecule has 4 nitrogen and oxygen atoms in total. The summed E-state index contributed by atoms with van der Waals surface area (Å²) in [5.74, 6) is 0.174. The number of ether oxygens (including phenoxy) is 1. The SMILES string of the molecule is C=CCCCN(C)C(=O)CCOC1CCNCC1. The summed E-state index contributed by atoms with van der Waals surface area (Å²) < 4.78 is 5.73. The summed E-state index contributed by atoms with van der Waals surface area (Å²) in [5, 5.41) is 3.30. The van der Waals surface area contributed by atoms with Gasteiger partial charge in [-0.2, -0.15) is 0 Å². The third-order valence-electron chi connectivity index (χ3n) is 3.28. The Labute approximate surface area is 110 Å². The number of nitrogens with one attached hydrogen (secondary N) is 1. The van der Waals surface area contributed by atoms with Crippen molar-refractivity contribution in [3.63, 3.8) is 0 Å². The van der Waals surface area contributed by atoms with E-state index in [0.717, 1.165) is 45.3 Å². The summed E-state index contributed by atoms with van der Waals surface area (Å²) in [4.78, 5) is 13.6. The van der Waals surface area contributed by atoms with Crippen LogP contribution < -0.4 is 5.32 Å². The predicted octanol–water partition coefficient (Wildman–Crippen LogP) is 1.57. The fraction of sp³-hybridized carbons (Fsp3) is 0.786. The van der Waals surface area contributed by atoms with Crippen molar-refractivity contribution in [2.75, 3.05) is 33.3 Å². The fourth-order valence-corrected chi connectivity index (χ4v) is 2.06. The zero-order valence-electron chi connectivity index (χ0n) is 11.5. The number of rotatable bonds is 8. The highest BCUT2D eigenvalue weighted by molar-refractivity contribution is 5.75. The lowest BCUT2D eigenvalue weighted by molar-refractivity contribution is -0.131. The molecule has 1 heterocycles. The standard InChI is InChI=1S/C14H26N2O2/c1-3-4-5-11-16(2)14(17)8-12-18-13-6-9-15-10-7-13/h3,13,15H,1,4-12H2,2H3. The van der Waals surface area contributed by atoms with Crippen LogP contribution in [0.25, 0.3) is 0 Å². The number of nitrogens with zero attached hydrogens (tertiary/aromatic N) is 1. The van der Waals surface area contributed by atoms with Gasteiger partial charge < -0.3 is 15.0 Å². The van der Waals surface area contributed by atoms with Crippen LogP contribution in [-0.4, -0.2) is 50.2 Å². The van der Waals surface area contributed by atoms with Crippen LogP contribution >= 0.6 is 0 Å². The maximum Gasteiger partial charge on any atom is 0.224 e. The number of unbranched alkanes of at least 4 members (excludes halogenated alkanes) is 1. The monoisotopic (exact) mass is 254 g/mol. The summed E-state index contributed by atoms with van der Waals surface area (Å²) in [5.41, 5.74) is 0. The van der Waals surface area contributed by atoms with Gasteiger partial charge in [-0.1, -0.05) is 6.08 Å². The second-order valence-corrected chi connectivity index (χ2v) is 4.82. The summed E-state index contributed by atoms with van der Waals surface area (Å²) in [6.07, 6.45) is 6.79. The Bertz CT molecular complexity index is 250. The Kier molecular flexibility index (Phi) is 7.69. The number of hydrogen-bond acceptors (Lipinski definition) is 3. The Hall–Kier alpha value is -0.870. The molecule has 1 fully saturated rings. The largest absolute Gasteiger partial charge is 0.378 e. The van der Waals surface area contributed by atoms with E-state index in [1.165, 1.54) is 0 Å². The highest BCUT2D eigenvalue weighted by atomic mass is 16.5. The lowest BCUT2D eigenvalue weighted by atomic mass is 10.1. The van der Waals surface area contributed by atoms with Crippen LogP contribution in [0.1, 0.15) is 32.1 Å². The molecule has 1 rings (SSSR count). The normalized spacial score (nSPS) is 16.5. The molecular weight excluding hydrogens is 228 g/mol. The van der Waals surface area contributed by atoms with Crippen molar-refractivity contribution >= 4 is 5.91 Å². The first-order valence-corrected chi connectivity index (χ1v) is 6.91. The third-order valence-corrected chi connectivity index (χ3v) is 3.28. The van der Waals surface area contributed by atoms with Crippen molar-refractivity contribution in [3.8, 4) is 0 Å². The number of carbonyl (C=O) groups is 1. The molecule has 1 amide bonds. The van der Waals surface area contributed by atoms with Crippen LogP contribution in [-0.2, 0) is 9.53 Å². The molecule has 0 radical (unpaired) electrons. The summed E-state index contributed by atoms with van der Waals surface area (Å²) in [6, 6.07) is 0. The number of carbonyl (C=O) groups excluding carboxylic acids is 1. The van der Waals surface area contributed by atoms with E-state index in [1.54, 1.807) is 4.90 Å². The van der Waals surface area contributed by atoms with Crippen LogP contribution in [0.3, 0.4) is 0 Å². The van der Waals surface area contributed by atoms with Crippen LogP contribution in [0.5, 0.6) is 0 Å². The third kappa shape index (κ3) is 6.17. The summed E-state index contributed by atoms with van der Waals surface area (Å²) in [6.45, 7) is 7.09. The molecule has 0 bridgehead atoms. The lowest BCUT2D eigenvalue weighted by Gasteiger charge is -2.23. The molecule has 0 aliphatic carbocycles. The van der Waals surface area contributed by atoms with Gasteiger partial charge in [0, 0.05) is 13.6 Å². The minimum absolute atomic E-state index is 0.174. The van der Waals surface area contributed by atoms with Crippen LogP contribution in [0, 0.1) is 0 Å². The lowest BCUT2D eigenvalue weighted by Crippen LogP contribution is -2.34. The van der Waals surface area contributed by atoms with Crippen LogP contribution in [0.15, 0.2) is 12.7 Å². The Morgan fingerprint density at radius 2 is 2.22 bits per heavy atom. The van der Waals surface area contributed by atoms with Gasteiger partial charge in [-0.15, -0.1) is 6.58 Å². The zero-order chi connectivity index (χ0) is 13.2. The maximum absolute atomic E-state index is 11.8. The zero-order valence-corrected chi connectivity index (χ0v) is 11.5. The molecule has 0 atom stereocenters. The second-order valence-electron chi connectivity index (χ2n) is 4.82. The highest BCUT2D eigenvalue weighted by Crippen LogP contribution is 2.07. The van der Waals surface area contributed by atoms with Crippen molar-refractivity contribution in [2.24, 2.45) is 0 Å². The molecule has 1 aliphatic heterocycles. The van der Waals surface area contributed by atoms with E-state index in [0.29, 0.717) is 19.1 Å². The van der Waals surface area contributed by atoms with Gasteiger partial charge in [-0.3, -0.25) is 4.79 Å². The Morgan fingerprint density at radius 1 is 1.50 bits per heavy atom. The molecular formula is C14H26N2O2. The van der Waals surface area contributed by atoms with E-state index in [9.17, 15) is 4.79 Å². The molecule has 4 heteroatoms. The minimum Gasteiger partial charge on any atom is -0.378 e. The van der Waals surface area contributed by atoms with E-state index in [1.807, 2.05) is 13.1 Å². The maximum atomic E-state index is 11.8. The number of allylic oxidation sites excluding steroid dienone is 1. The van der Waals surface area contributed by atoms with Gasteiger partial charge in [0.1, 0.15) is 0 Å². The Morgan fingerprint density at radius 3 is 2.89 bits per heavy atom. The predicted molar refractivity (Wildman–Crippen MR) is 73.5 cm³/mol. The molecule has 1 N–H and O–H groups in total. The molecule has 1 saturated heterocycles. The minimum atomic E-state index is 0.174. The summed E-state index contributed by atoms with van der Waals surface area (Å²) >= 11 is 0. The van der Waals surface area contributed by atoms with Crippen LogP contribution in [0.4, 0.5) is 0 Å². The van der Waals surface area contributed by atoms with Crippen molar-refractivity contribution in [3.05, 3.63) is 12.7 Å². The quantitative estimate of drug-likeness (QED) is 0.528. The molecule has 0 saturated carbocycles. The van der Waals surface area contributed by atoms with Gasteiger partial charge in [-0.05, 0) is 38.8 Å². The molecule has 0 aromatic heterocycles. The first-order chi connectivity index (χ1) is 8.74. The Balaban J connectivity index is 2.06. The first-order valence-electron chi connectivity index (χ1n) is 6.91. The average Bonchev–Trinajstić information content (AvgIpc) is 2.40. The van der Waals surface area contributed by atoms with Crippen molar-refractivity contribution in [2.45, 2.75) is 38.2 Å². The molecule has 18 heavy (non-hydrogen) atoms. The number of amides is 1. The molecule has 0 aromatic carbocycles. The average molecular weight is 254 g/mol. The van der Waals surface area contributed by atoms with E-state index < -0.39 is 0 Å². The van der Waals surface area contributed by atoms with Crippen molar-refractivity contribution in [1.29, 1.82) is 0 Å². The molecule has 0 spiro atoms. The van der Waals surface area contributed by atoms with Gasteiger partial charge in [-0.25, -0.2) is 0 Å². The molecule has 0 aromatic rings. The number of hydrogen-bond donors (Lipinski definition) is 1. The van der Waals surface area contributed by atoms with Gasteiger partial charge in [0.25, 0.3) is 0 Å². The van der Waals surface area contributed by atoms with Gasteiger partial charge in [0.05, 0.1) is 19.1 Å². The van der Waals surface area contributed by atoms with E-state index in [4.69, 9.17) is 4.74 Å². The molecule has 0 unspecified atom stereocenters. The smallest absolute Gasteiger partial charge is 0.224 e. The van der Waals surface area contributed by atoms with E-state index in [2.05, 4.69) is 11.9 Å². The number of piperidine rings is 1. The first kappa shape index (κ1) is 15.2. The van der Waals surface area contributed by atoms with E-state index >= 15 is 0 Å². The second kappa shape index (κ2) is 9.11. The van der Waals surface area contributed by atoms with Crippen LogP contribution in [0.2, 0.25) is 0 Å². The fourth-order valence-electron chi connectivity index (χ4n) is 2.06. The van der Waals surface area contributed by atoms with Gasteiger partial charge in [0.2, 0.25) is 5.91 Å². The topological polar surface area (TPSA) is 41.6 Å². The molecule has 1 aliphatic rings. The van der Waals surface area contributed by atoms with Crippen molar-refractivity contribution in [1.82, 2.24) is 10.2 Å². The van der Waals surface area contributed by atoms with Gasteiger partial charge >= 0.3 is 0 Å². The summed E-state index contributed by atoms with van der Waals surface area (Å²) in [7, 11) is 1.86.